The molecule has 1 aliphatic carbocycles. The molecular formula is C12H22N2O2. The van der Waals surface area contributed by atoms with Crippen molar-refractivity contribution in [2.45, 2.75) is 45.3 Å². The van der Waals surface area contributed by atoms with Gasteiger partial charge in [0.2, 0.25) is 0 Å². The second-order valence-electron chi connectivity index (χ2n) is 5.94. The summed E-state index contributed by atoms with van der Waals surface area (Å²) < 4.78 is 5.41. The van der Waals surface area contributed by atoms with Crippen molar-refractivity contribution in [2.24, 2.45) is 17.6 Å². The van der Waals surface area contributed by atoms with Gasteiger partial charge in [0.25, 0.3) is 0 Å². The number of rotatable bonds is 2. The molecule has 2 aliphatic rings. The number of likely N-dealkylation sites (tertiary alicyclic amines) is 1. The third-order valence-electron chi connectivity index (χ3n) is 3.39. The maximum atomic E-state index is 12.0. The Balaban J connectivity index is 1.95. The summed E-state index contributed by atoms with van der Waals surface area (Å²) in [7, 11) is 0. The summed E-state index contributed by atoms with van der Waals surface area (Å²) >= 11 is 0. The zero-order valence-electron chi connectivity index (χ0n) is 10.4. The molecule has 2 fully saturated rings. The largest absolute Gasteiger partial charge is 0.444 e. The molecule has 4 heteroatoms. The van der Waals surface area contributed by atoms with Gasteiger partial charge in [0.1, 0.15) is 5.60 Å². The maximum Gasteiger partial charge on any atom is 0.410 e. The van der Waals surface area contributed by atoms with Gasteiger partial charge in [-0.15, -0.1) is 0 Å². The Labute approximate surface area is 97.1 Å². The molecule has 2 N–H and O–H groups in total. The van der Waals surface area contributed by atoms with Gasteiger partial charge in [0.05, 0.1) is 0 Å². The molecule has 0 aromatic carbocycles. The van der Waals surface area contributed by atoms with Crippen LogP contribution in [0, 0.1) is 11.8 Å². The molecule has 1 saturated carbocycles. The normalized spacial score (nSPS) is 32.5. The zero-order chi connectivity index (χ0) is 11.9. The van der Waals surface area contributed by atoms with E-state index in [0.717, 1.165) is 13.0 Å². The molecule has 1 aliphatic heterocycles. The molecule has 92 valence electrons. The van der Waals surface area contributed by atoms with Gasteiger partial charge in [-0.05, 0) is 52.0 Å². The van der Waals surface area contributed by atoms with Crippen LogP contribution in [0.3, 0.4) is 0 Å². The number of hydrogen-bond acceptors (Lipinski definition) is 3. The van der Waals surface area contributed by atoms with E-state index in [4.69, 9.17) is 10.5 Å². The van der Waals surface area contributed by atoms with E-state index in [1.54, 1.807) is 0 Å². The molecule has 0 radical (unpaired) electrons. The monoisotopic (exact) mass is 226 g/mol. The highest BCUT2D eigenvalue weighted by Gasteiger charge is 2.54. The molecule has 16 heavy (non-hydrogen) atoms. The third kappa shape index (κ3) is 2.32. The number of nitrogens with zero attached hydrogens (tertiary/aromatic N) is 1. The molecular weight excluding hydrogens is 204 g/mol. The Morgan fingerprint density at radius 3 is 2.75 bits per heavy atom. The van der Waals surface area contributed by atoms with E-state index >= 15 is 0 Å². The Bertz CT molecular complexity index is 285. The first-order chi connectivity index (χ1) is 7.42. The van der Waals surface area contributed by atoms with Crippen LogP contribution in [0.2, 0.25) is 0 Å². The van der Waals surface area contributed by atoms with Crippen molar-refractivity contribution in [2.75, 3.05) is 13.1 Å². The van der Waals surface area contributed by atoms with Gasteiger partial charge in [-0.1, -0.05) is 0 Å². The number of hydrogen-bond donors (Lipinski definition) is 1. The number of carbonyl (C=O) groups is 1. The van der Waals surface area contributed by atoms with Crippen LogP contribution in [0.4, 0.5) is 4.79 Å². The van der Waals surface area contributed by atoms with Crippen molar-refractivity contribution in [1.82, 2.24) is 4.90 Å². The standard InChI is InChI=1S/C12H22N2O2/c1-12(2,3)16-11(15)14-7-8-6-9(8)10(14)4-5-13/h8-10H,4-7,13H2,1-3H3. The molecule has 3 atom stereocenters. The molecule has 1 heterocycles. The lowest BCUT2D eigenvalue weighted by Gasteiger charge is -2.30. The van der Waals surface area contributed by atoms with E-state index < -0.39 is 5.60 Å². The highest BCUT2D eigenvalue weighted by Crippen LogP contribution is 2.50. The minimum atomic E-state index is -0.406. The van der Waals surface area contributed by atoms with Crippen LogP contribution in [0.15, 0.2) is 0 Å². The smallest absolute Gasteiger partial charge is 0.410 e. The molecule has 4 nitrogen and oxygen atoms in total. The molecule has 2 rings (SSSR count). The molecule has 3 unspecified atom stereocenters. The lowest BCUT2D eigenvalue weighted by Crippen LogP contribution is -2.42. The van der Waals surface area contributed by atoms with Crippen molar-refractivity contribution in [1.29, 1.82) is 0 Å². The summed E-state index contributed by atoms with van der Waals surface area (Å²) in [5.41, 5.74) is 5.19. The summed E-state index contributed by atoms with van der Waals surface area (Å²) in [4.78, 5) is 13.9. The first-order valence-corrected chi connectivity index (χ1v) is 6.12. The number of piperidine rings is 1. The lowest BCUT2D eigenvalue weighted by atomic mass is 10.1. The molecule has 0 spiro atoms. The predicted molar refractivity (Wildman–Crippen MR) is 62.0 cm³/mol. The Kier molecular flexibility index (Phi) is 2.86. The highest BCUT2D eigenvalue weighted by atomic mass is 16.6. The molecule has 0 aromatic heterocycles. The highest BCUT2D eigenvalue weighted by molar-refractivity contribution is 5.69. The summed E-state index contributed by atoms with van der Waals surface area (Å²) in [6.45, 7) is 7.22. The fourth-order valence-electron chi connectivity index (χ4n) is 2.64. The minimum Gasteiger partial charge on any atom is -0.444 e. The van der Waals surface area contributed by atoms with Gasteiger partial charge in [0.15, 0.2) is 0 Å². The van der Waals surface area contributed by atoms with Crippen LogP contribution in [0.25, 0.3) is 0 Å². The number of carbonyl (C=O) groups excluding carboxylic acids is 1. The summed E-state index contributed by atoms with van der Waals surface area (Å²) in [6.07, 6.45) is 2.00. The second kappa shape index (κ2) is 3.91. The topological polar surface area (TPSA) is 55.6 Å². The van der Waals surface area contributed by atoms with Crippen LogP contribution in [-0.2, 0) is 4.74 Å². The average Bonchev–Trinajstić information content (AvgIpc) is 2.81. The fraction of sp³-hybridized carbons (Fsp3) is 0.917. The predicted octanol–water partition coefficient (Wildman–Crippen LogP) is 1.59. The van der Waals surface area contributed by atoms with E-state index in [1.807, 2.05) is 25.7 Å². The van der Waals surface area contributed by atoms with Crippen molar-refractivity contribution in [3.05, 3.63) is 0 Å². The number of nitrogens with two attached hydrogens (primary N) is 1. The minimum absolute atomic E-state index is 0.168. The van der Waals surface area contributed by atoms with Crippen molar-refractivity contribution in [3.63, 3.8) is 0 Å². The summed E-state index contributed by atoms with van der Waals surface area (Å²) in [5.74, 6) is 1.40. The van der Waals surface area contributed by atoms with Crippen LogP contribution >= 0.6 is 0 Å². The van der Waals surface area contributed by atoms with E-state index in [9.17, 15) is 4.79 Å². The van der Waals surface area contributed by atoms with E-state index in [2.05, 4.69) is 0 Å². The molecule has 1 saturated heterocycles. The second-order valence-corrected chi connectivity index (χ2v) is 5.94. The zero-order valence-corrected chi connectivity index (χ0v) is 10.4. The summed E-state index contributed by atoms with van der Waals surface area (Å²) in [6, 6.07) is 0.324. The van der Waals surface area contributed by atoms with Crippen molar-refractivity contribution in [3.8, 4) is 0 Å². The van der Waals surface area contributed by atoms with Gasteiger partial charge in [-0.2, -0.15) is 0 Å². The molecule has 1 amide bonds. The first-order valence-electron chi connectivity index (χ1n) is 6.12. The van der Waals surface area contributed by atoms with Crippen molar-refractivity contribution >= 4 is 6.09 Å². The van der Waals surface area contributed by atoms with Crippen LogP contribution < -0.4 is 5.73 Å². The van der Waals surface area contributed by atoms with E-state index in [1.165, 1.54) is 6.42 Å². The first kappa shape index (κ1) is 11.7. The maximum absolute atomic E-state index is 12.0. The quantitative estimate of drug-likeness (QED) is 0.778. The Morgan fingerprint density at radius 2 is 2.19 bits per heavy atom. The molecule has 0 bridgehead atoms. The Hall–Kier alpha value is -0.770. The number of amides is 1. The van der Waals surface area contributed by atoms with Gasteiger partial charge in [-0.25, -0.2) is 4.79 Å². The number of fused-ring (bicyclic) bond motifs is 1. The van der Waals surface area contributed by atoms with Gasteiger partial charge < -0.3 is 15.4 Å². The van der Waals surface area contributed by atoms with Gasteiger partial charge in [-0.3, -0.25) is 0 Å². The molecule has 0 aromatic rings. The van der Waals surface area contributed by atoms with E-state index in [0.29, 0.717) is 24.4 Å². The van der Waals surface area contributed by atoms with E-state index in [-0.39, 0.29) is 6.09 Å². The van der Waals surface area contributed by atoms with Gasteiger partial charge >= 0.3 is 6.09 Å². The Morgan fingerprint density at radius 1 is 1.50 bits per heavy atom. The van der Waals surface area contributed by atoms with Crippen molar-refractivity contribution < 1.29 is 9.53 Å². The average molecular weight is 226 g/mol. The third-order valence-corrected chi connectivity index (χ3v) is 3.39. The summed E-state index contributed by atoms with van der Waals surface area (Å²) in [5, 5.41) is 0. The lowest BCUT2D eigenvalue weighted by molar-refractivity contribution is 0.0188. The van der Waals surface area contributed by atoms with Crippen LogP contribution in [-0.4, -0.2) is 35.7 Å². The number of ether oxygens (including phenoxy) is 1. The van der Waals surface area contributed by atoms with Crippen LogP contribution in [0.1, 0.15) is 33.6 Å². The fourth-order valence-corrected chi connectivity index (χ4v) is 2.64. The van der Waals surface area contributed by atoms with Gasteiger partial charge in [0, 0.05) is 12.6 Å². The SMILES string of the molecule is CC(C)(C)OC(=O)N1CC2CC2C1CCN. The van der Waals surface area contributed by atoms with Crippen LogP contribution in [0.5, 0.6) is 0 Å².